The molecular formula is C14H21N3O3. The molecule has 0 amide bonds. The van der Waals surface area contributed by atoms with Crippen LogP contribution in [-0.2, 0) is 0 Å². The van der Waals surface area contributed by atoms with Crippen molar-refractivity contribution in [2.75, 3.05) is 39.6 Å². The van der Waals surface area contributed by atoms with Crippen molar-refractivity contribution in [1.82, 2.24) is 4.90 Å². The maximum absolute atomic E-state index is 12.5. The molecule has 0 radical (unpaired) electrons. The minimum atomic E-state index is -0.456. The van der Waals surface area contributed by atoms with E-state index in [-0.39, 0.29) is 17.4 Å². The van der Waals surface area contributed by atoms with Gasteiger partial charge in [-0.25, -0.2) is 0 Å². The van der Waals surface area contributed by atoms with Gasteiger partial charge in [-0.2, -0.15) is 0 Å². The van der Waals surface area contributed by atoms with Crippen molar-refractivity contribution < 1.29 is 9.72 Å². The number of para-hydroxylation sites is 1. The summed E-state index contributed by atoms with van der Waals surface area (Å²) >= 11 is 0. The zero-order valence-electron chi connectivity index (χ0n) is 12.6. The van der Waals surface area contributed by atoms with Crippen molar-refractivity contribution in [1.29, 1.82) is 0 Å². The molecule has 0 aliphatic carbocycles. The molecule has 0 spiro atoms. The topological polar surface area (TPSA) is 66.7 Å². The number of anilines is 1. The highest BCUT2D eigenvalue weighted by molar-refractivity contribution is 6.04. The van der Waals surface area contributed by atoms with E-state index in [0.717, 1.165) is 0 Å². The van der Waals surface area contributed by atoms with Crippen LogP contribution >= 0.6 is 0 Å². The quantitative estimate of drug-likeness (QED) is 0.453. The highest BCUT2D eigenvalue weighted by atomic mass is 16.6. The lowest BCUT2D eigenvalue weighted by Crippen LogP contribution is -2.27. The predicted molar refractivity (Wildman–Crippen MR) is 79.5 cm³/mol. The number of nitro benzene ring substituents is 1. The summed E-state index contributed by atoms with van der Waals surface area (Å²) in [4.78, 5) is 26.7. The Balaban J connectivity index is 3.27. The number of Topliss-reactive ketones (excluding diaryl/α,β-unsaturated/α-hetero) is 1. The normalized spacial score (nSPS) is 12.3. The second-order valence-electron chi connectivity index (χ2n) is 5.35. The first-order chi connectivity index (χ1) is 9.25. The number of carbonyl (C=O) groups is 1. The minimum absolute atomic E-state index is 0.0436. The first kappa shape index (κ1) is 16.1. The molecule has 110 valence electrons. The molecule has 1 aromatic carbocycles. The molecule has 1 aromatic rings. The molecule has 1 unspecified atom stereocenters. The molecule has 0 bridgehead atoms. The average molecular weight is 279 g/mol. The van der Waals surface area contributed by atoms with Crippen molar-refractivity contribution in [3.8, 4) is 0 Å². The van der Waals surface area contributed by atoms with Crippen molar-refractivity contribution in [3.63, 3.8) is 0 Å². The van der Waals surface area contributed by atoms with E-state index >= 15 is 0 Å². The Kier molecular flexibility index (Phi) is 5.21. The number of hydrogen-bond acceptors (Lipinski definition) is 5. The van der Waals surface area contributed by atoms with Crippen LogP contribution in [-0.4, -0.2) is 50.3 Å². The fourth-order valence-corrected chi connectivity index (χ4v) is 2.24. The van der Waals surface area contributed by atoms with Gasteiger partial charge in [-0.15, -0.1) is 0 Å². The number of nitro groups is 1. The van der Waals surface area contributed by atoms with E-state index in [4.69, 9.17) is 0 Å². The van der Waals surface area contributed by atoms with Crippen LogP contribution in [0.2, 0.25) is 0 Å². The zero-order valence-corrected chi connectivity index (χ0v) is 12.6. The molecule has 1 rings (SSSR count). The average Bonchev–Trinajstić information content (AvgIpc) is 2.35. The first-order valence-corrected chi connectivity index (χ1v) is 6.39. The fourth-order valence-electron chi connectivity index (χ4n) is 2.24. The van der Waals surface area contributed by atoms with Crippen molar-refractivity contribution in [2.24, 2.45) is 5.92 Å². The molecule has 6 heteroatoms. The van der Waals surface area contributed by atoms with Gasteiger partial charge in [0.15, 0.2) is 5.78 Å². The molecule has 0 saturated heterocycles. The standard InChI is InChI=1S/C14H21N3O3/c1-10(9-15(2)3)14(18)11-7-6-8-12(17(19)20)13(11)16(4)5/h6-8,10H,9H2,1-5H3. The number of hydrogen-bond donors (Lipinski definition) is 0. The minimum Gasteiger partial charge on any atom is -0.372 e. The van der Waals surface area contributed by atoms with Crippen molar-refractivity contribution in [2.45, 2.75) is 6.92 Å². The lowest BCUT2D eigenvalue weighted by atomic mass is 9.96. The van der Waals surface area contributed by atoms with E-state index in [0.29, 0.717) is 17.8 Å². The van der Waals surface area contributed by atoms with Crippen LogP contribution in [0.3, 0.4) is 0 Å². The van der Waals surface area contributed by atoms with Gasteiger partial charge < -0.3 is 9.80 Å². The largest absolute Gasteiger partial charge is 0.372 e. The van der Waals surface area contributed by atoms with Crippen molar-refractivity contribution in [3.05, 3.63) is 33.9 Å². The maximum Gasteiger partial charge on any atom is 0.293 e. The molecular weight excluding hydrogens is 258 g/mol. The van der Waals surface area contributed by atoms with Crippen LogP contribution in [0.4, 0.5) is 11.4 Å². The number of benzene rings is 1. The van der Waals surface area contributed by atoms with E-state index in [2.05, 4.69) is 0 Å². The van der Waals surface area contributed by atoms with Gasteiger partial charge in [-0.3, -0.25) is 14.9 Å². The monoisotopic (exact) mass is 279 g/mol. The van der Waals surface area contributed by atoms with Crippen LogP contribution < -0.4 is 4.90 Å². The number of ketones is 1. The maximum atomic E-state index is 12.5. The van der Waals surface area contributed by atoms with E-state index in [1.165, 1.54) is 6.07 Å². The van der Waals surface area contributed by atoms with Crippen LogP contribution in [0.15, 0.2) is 18.2 Å². The van der Waals surface area contributed by atoms with E-state index in [1.54, 1.807) is 31.1 Å². The highest BCUT2D eigenvalue weighted by Crippen LogP contribution is 2.32. The summed E-state index contributed by atoms with van der Waals surface area (Å²) in [6, 6.07) is 4.63. The Labute approximate surface area is 119 Å². The zero-order chi connectivity index (χ0) is 15.4. The van der Waals surface area contributed by atoms with Gasteiger partial charge in [0.2, 0.25) is 0 Å². The lowest BCUT2D eigenvalue weighted by molar-refractivity contribution is -0.384. The molecule has 0 fully saturated rings. The Morgan fingerprint density at radius 1 is 1.30 bits per heavy atom. The molecule has 1 atom stereocenters. The summed E-state index contributed by atoms with van der Waals surface area (Å²) in [5, 5.41) is 11.1. The summed E-state index contributed by atoms with van der Waals surface area (Å²) in [7, 11) is 7.19. The van der Waals surface area contributed by atoms with Crippen LogP contribution in [0.25, 0.3) is 0 Å². The van der Waals surface area contributed by atoms with E-state index in [1.807, 2.05) is 25.9 Å². The third kappa shape index (κ3) is 3.54. The second kappa shape index (κ2) is 6.47. The third-order valence-electron chi connectivity index (χ3n) is 3.01. The summed E-state index contributed by atoms with van der Waals surface area (Å²) in [6.45, 7) is 2.44. The summed E-state index contributed by atoms with van der Waals surface area (Å²) in [6.07, 6.45) is 0. The number of rotatable bonds is 6. The van der Waals surface area contributed by atoms with Gasteiger partial charge in [0.25, 0.3) is 5.69 Å². The summed E-state index contributed by atoms with van der Waals surface area (Å²) in [5.41, 5.74) is 0.726. The Hall–Kier alpha value is -1.95. The van der Waals surface area contributed by atoms with Crippen molar-refractivity contribution >= 4 is 17.2 Å². The van der Waals surface area contributed by atoms with Gasteiger partial charge >= 0.3 is 0 Å². The highest BCUT2D eigenvalue weighted by Gasteiger charge is 2.26. The number of nitrogens with zero attached hydrogens (tertiary/aromatic N) is 3. The molecule has 6 nitrogen and oxygen atoms in total. The van der Waals surface area contributed by atoms with Gasteiger partial charge in [0.1, 0.15) is 5.69 Å². The van der Waals surface area contributed by atoms with Crippen LogP contribution in [0, 0.1) is 16.0 Å². The van der Waals surface area contributed by atoms with Gasteiger partial charge in [-0.05, 0) is 20.2 Å². The number of carbonyl (C=O) groups excluding carboxylic acids is 1. The lowest BCUT2D eigenvalue weighted by Gasteiger charge is -2.20. The molecule has 20 heavy (non-hydrogen) atoms. The van der Waals surface area contributed by atoms with E-state index in [9.17, 15) is 14.9 Å². The smallest absolute Gasteiger partial charge is 0.293 e. The Morgan fingerprint density at radius 2 is 1.90 bits per heavy atom. The second-order valence-corrected chi connectivity index (χ2v) is 5.35. The van der Waals surface area contributed by atoms with Gasteiger partial charge in [0, 0.05) is 38.2 Å². The molecule has 0 saturated carbocycles. The van der Waals surface area contributed by atoms with Crippen LogP contribution in [0.1, 0.15) is 17.3 Å². The SMILES string of the molecule is CC(CN(C)C)C(=O)c1cccc([N+](=O)[O-])c1N(C)C. The first-order valence-electron chi connectivity index (χ1n) is 6.39. The predicted octanol–water partition coefficient (Wildman–Crippen LogP) is 2.04. The van der Waals surface area contributed by atoms with Crippen LogP contribution in [0.5, 0.6) is 0 Å². The Bertz CT molecular complexity index is 512. The molecule has 0 heterocycles. The molecule has 0 aliphatic rings. The molecule has 0 N–H and O–H groups in total. The summed E-state index contributed by atoms with van der Waals surface area (Å²) < 4.78 is 0. The third-order valence-corrected chi connectivity index (χ3v) is 3.01. The van der Waals surface area contributed by atoms with Gasteiger partial charge in [0.05, 0.1) is 4.92 Å². The summed E-state index contributed by atoms with van der Waals surface area (Å²) in [5.74, 6) is -0.295. The van der Waals surface area contributed by atoms with Gasteiger partial charge in [-0.1, -0.05) is 13.0 Å². The van der Waals surface area contributed by atoms with E-state index < -0.39 is 4.92 Å². The molecule has 0 aromatic heterocycles. The Morgan fingerprint density at radius 3 is 2.35 bits per heavy atom. The fraction of sp³-hybridized carbons (Fsp3) is 0.500. The molecule has 0 aliphatic heterocycles.